The summed E-state index contributed by atoms with van der Waals surface area (Å²) in [7, 11) is 0. The lowest BCUT2D eigenvalue weighted by Crippen LogP contribution is -2.42. The van der Waals surface area contributed by atoms with Gasteiger partial charge in [0.25, 0.3) is 0 Å². The van der Waals surface area contributed by atoms with Crippen molar-refractivity contribution in [2.45, 2.75) is 70.0 Å². The van der Waals surface area contributed by atoms with Crippen LogP contribution in [-0.4, -0.2) is 72.7 Å². The maximum absolute atomic E-state index is 12.1. The number of morpholine rings is 1. The van der Waals surface area contributed by atoms with E-state index in [0.717, 1.165) is 62.9 Å². The first kappa shape index (κ1) is 31.2. The Hall–Kier alpha value is -1.73. The summed E-state index contributed by atoms with van der Waals surface area (Å²) in [6.45, 7) is 4.36. The minimum absolute atomic E-state index is 0.0102. The standard InChI is InChI=1S/C31H43ClN2O5S/c32-29-11-10-24(40-29)21-31(12-5-13-31)28(36)8-4-7-26-25(23(22-33)20-27(26)35)6-2-1-3-9-30(37)39-19-16-34-14-17-38-18-15-34/h1-2,4,7,10-11,23,25-28,35-36H,3,5-6,8-9,12-21H2/b2-1-,7-4+/t23-,25-,26+,27+,28?/m0/s1. The lowest BCUT2D eigenvalue weighted by atomic mass is 9.62. The molecule has 220 valence electrons. The Morgan fingerprint density at radius 1 is 1.30 bits per heavy atom. The molecular weight excluding hydrogens is 548 g/mol. The largest absolute Gasteiger partial charge is 0.464 e. The molecule has 0 amide bonds. The number of hydrogen-bond acceptors (Lipinski definition) is 8. The molecule has 1 unspecified atom stereocenters. The van der Waals surface area contributed by atoms with Gasteiger partial charge >= 0.3 is 5.97 Å². The van der Waals surface area contributed by atoms with Crippen molar-refractivity contribution < 1.29 is 24.5 Å². The van der Waals surface area contributed by atoms with Crippen LogP contribution in [-0.2, 0) is 20.7 Å². The average molecular weight is 591 g/mol. The van der Waals surface area contributed by atoms with E-state index in [1.165, 1.54) is 4.88 Å². The van der Waals surface area contributed by atoms with Crippen molar-refractivity contribution in [2.24, 2.45) is 23.2 Å². The van der Waals surface area contributed by atoms with Crippen molar-refractivity contribution in [3.05, 3.63) is 45.7 Å². The van der Waals surface area contributed by atoms with Crippen LogP contribution < -0.4 is 0 Å². The van der Waals surface area contributed by atoms with Crippen molar-refractivity contribution in [2.75, 3.05) is 39.5 Å². The Labute approximate surface area is 247 Å². The van der Waals surface area contributed by atoms with Gasteiger partial charge in [0.1, 0.15) is 6.61 Å². The summed E-state index contributed by atoms with van der Waals surface area (Å²) in [5, 5.41) is 31.5. The minimum atomic E-state index is -0.566. The number of esters is 1. The first-order valence-corrected chi connectivity index (χ1v) is 15.9. The lowest BCUT2D eigenvalue weighted by molar-refractivity contribution is -0.144. The molecule has 5 atom stereocenters. The van der Waals surface area contributed by atoms with E-state index in [1.807, 2.05) is 30.4 Å². The lowest BCUT2D eigenvalue weighted by Gasteiger charge is -2.45. The van der Waals surface area contributed by atoms with E-state index in [1.54, 1.807) is 11.3 Å². The highest BCUT2D eigenvalue weighted by Crippen LogP contribution is 2.49. The van der Waals surface area contributed by atoms with E-state index < -0.39 is 12.2 Å². The first-order valence-electron chi connectivity index (χ1n) is 14.7. The zero-order valence-corrected chi connectivity index (χ0v) is 24.8. The Bertz CT molecular complexity index is 1040. The number of halogens is 1. The number of aliphatic hydroxyl groups excluding tert-OH is 2. The van der Waals surface area contributed by atoms with Crippen LogP contribution in [0.25, 0.3) is 0 Å². The number of hydrogen-bond donors (Lipinski definition) is 2. The highest BCUT2D eigenvalue weighted by molar-refractivity contribution is 7.16. The number of ether oxygens (including phenoxy) is 2. The molecule has 1 aromatic heterocycles. The maximum atomic E-state index is 12.1. The summed E-state index contributed by atoms with van der Waals surface area (Å²) in [5.41, 5.74) is -0.103. The van der Waals surface area contributed by atoms with Crippen molar-refractivity contribution in [1.82, 2.24) is 4.90 Å². The van der Waals surface area contributed by atoms with Gasteiger partial charge in [-0.1, -0.05) is 42.3 Å². The normalized spacial score (nSPS) is 27.6. The van der Waals surface area contributed by atoms with Gasteiger partial charge in [-0.05, 0) is 63.0 Å². The van der Waals surface area contributed by atoms with Crippen LogP contribution in [0.3, 0.4) is 0 Å². The number of nitriles is 1. The molecule has 1 aromatic rings. The van der Waals surface area contributed by atoms with E-state index in [0.29, 0.717) is 38.7 Å². The molecule has 4 rings (SSSR count). The molecule has 9 heteroatoms. The number of aliphatic hydroxyl groups is 2. The van der Waals surface area contributed by atoms with Crippen LogP contribution in [0.1, 0.15) is 56.2 Å². The fourth-order valence-corrected chi connectivity index (χ4v) is 7.55. The quantitative estimate of drug-likeness (QED) is 0.228. The monoisotopic (exact) mass is 590 g/mol. The van der Waals surface area contributed by atoms with Crippen molar-refractivity contribution in [1.29, 1.82) is 5.26 Å². The summed E-state index contributed by atoms with van der Waals surface area (Å²) in [6, 6.07) is 6.36. The third-order valence-corrected chi connectivity index (χ3v) is 10.1. The predicted octanol–water partition coefficient (Wildman–Crippen LogP) is 5.16. The van der Waals surface area contributed by atoms with Crippen molar-refractivity contribution in [3.63, 3.8) is 0 Å². The van der Waals surface area contributed by atoms with E-state index in [9.17, 15) is 20.3 Å². The van der Waals surface area contributed by atoms with Crippen molar-refractivity contribution >= 4 is 28.9 Å². The number of rotatable bonds is 14. The molecule has 1 saturated heterocycles. The molecule has 2 N–H and O–H groups in total. The SMILES string of the molecule is N#C[C@@H]1C[C@@H](O)[C@H](/C=C/CC(O)C2(Cc3ccc(Cl)s3)CCC2)[C@H]1C/C=C\CCC(=O)OCCN1CCOCC1. The molecule has 0 spiro atoms. The molecule has 2 aliphatic carbocycles. The molecule has 1 aliphatic heterocycles. The molecule has 3 aliphatic rings. The molecule has 7 nitrogen and oxygen atoms in total. The fraction of sp³-hybridized carbons (Fsp3) is 0.677. The smallest absolute Gasteiger partial charge is 0.306 e. The van der Waals surface area contributed by atoms with Crippen LogP contribution in [0.15, 0.2) is 36.4 Å². The first-order chi connectivity index (χ1) is 19.4. The van der Waals surface area contributed by atoms with Crippen LogP contribution in [0, 0.1) is 34.5 Å². The Morgan fingerprint density at radius 2 is 2.10 bits per heavy atom. The Kier molecular flexibility index (Phi) is 12.1. The average Bonchev–Trinajstić information content (AvgIpc) is 3.48. The summed E-state index contributed by atoms with van der Waals surface area (Å²) < 4.78 is 11.5. The highest BCUT2D eigenvalue weighted by atomic mass is 35.5. The van der Waals surface area contributed by atoms with E-state index in [4.69, 9.17) is 21.1 Å². The van der Waals surface area contributed by atoms with Gasteiger partial charge in [-0.2, -0.15) is 5.26 Å². The number of carbonyl (C=O) groups is 1. The van der Waals surface area contributed by atoms with Gasteiger partial charge in [0, 0.05) is 42.3 Å². The minimum Gasteiger partial charge on any atom is -0.464 e. The molecular formula is C31H43ClN2O5S. The summed E-state index contributed by atoms with van der Waals surface area (Å²) >= 11 is 7.70. The zero-order chi connectivity index (χ0) is 28.4. The number of thiophene rings is 1. The molecule has 2 saturated carbocycles. The fourth-order valence-electron chi connectivity index (χ4n) is 6.31. The third kappa shape index (κ3) is 8.64. The Morgan fingerprint density at radius 3 is 2.77 bits per heavy atom. The highest BCUT2D eigenvalue weighted by Gasteiger charge is 2.44. The number of allylic oxidation sites excluding steroid dienone is 2. The number of nitrogens with zero attached hydrogens (tertiary/aromatic N) is 2. The summed E-state index contributed by atoms with van der Waals surface area (Å²) in [5.74, 6) is -0.531. The third-order valence-electron chi connectivity index (χ3n) is 8.91. The molecule has 40 heavy (non-hydrogen) atoms. The van der Waals surface area contributed by atoms with Gasteiger partial charge < -0.3 is 19.7 Å². The molecule has 3 fully saturated rings. The maximum Gasteiger partial charge on any atom is 0.306 e. The van der Waals surface area contributed by atoms with E-state index in [-0.39, 0.29) is 29.1 Å². The summed E-state index contributed by atoms with van der Waals surface area (Å²) in [4.78, 5) is 15.5. The Balaban J connectivity index is 1.21. The van der Waals surface area contributed by atoms with Gasteiger partial charge in [0.2, 0.25) is 0 Å². The topological polar surface area (TPSA) is 103 Å². The zero-order valence-electron chi connectivity index (χ0n) is 23.3. The second-order valence-electron chi connectivity index (χ2n) is 11.5. The molecule has 0 aromatic carbocycles. The van der Waals surface area contributed by atoms with Gasteiger partial charge in [-0.25, -0.2) is 0 Å². The van der Waals surface area contributed by atoms with E-state index >= 15 is 0 Å². The predicted molar refractivity (Wildman–Crippen MR) is 157 cm³/mol. The van der Waals surface area contributed by atoms with Crippen LogP contribution >= 0.6 is 22.9 Å². The van der Waals surface area contributed by atoms with Gasteiger partial charge in [-0.3, -0.25) is 9.69 Å². The second kappa shape index (κ2) is 15.5. The molecule has 0 radical (unpaired) electrons. The molecule has 0 bridgehead atoms. The van der Waals surface area contributed by atoms with Gasteiger partial charge in [-0.15, -0.1) is 11.3 Å². The molecule has 2 heterocycles. The van der Waals surface area contributed by atoms with Crippen LogP contribution in [0.5, 0.6) is 0 Å². The van der Waals surface area contributed by atoms with Gasteiger partial charge in [0.15, 0.2) is 0 Å². The van der Waals surface area contributed by atoms with Crippen LogP contribution in [0.4, 0.5) is 0 Å². The van der Waals surface area contributed by atoms with E-state index in [2.05, 4.69) is 17.0 Å². The summed E-state index contributed by atoms with van der Waals surface area (Å²) in [6.07, 6.45) is 13.6. The van der Waals surface area contributed by atoms with Crippen LogP contribution in [0.2, 0.25) is 4.34 Å². The number of carbonyl (C=O) groups excluding carboxylic acids is 1. The second-order valence-corrected chi connectivity index (χ2v) is 13.3. The van der Waals surface area contributed by atoms with Crippen molar-refractivity contribution in [3.8, 4) is 6.07 Å². The van der Waals surface area contributed by atoms with Gasteiger partial charge in [0.05, 0.1) is 41.7 Å².